The van der Waals surface area contributed by atoms with Crippen molar-refractivity contribution in [1.29, 1.82) is 0 Å². The van der Waals surface area contributed by atoms with Crippen molar-refractivity contribution >= 4 is 5.78 Å². The molecule has 0 aliphatic carbocycles. The number of rotatable bonds is 9. The van der Waals surface area contributed by atoms with Crippen LogP contribution in [0.3, 0.4) is 0 Å². The van der Waals surface area contributed by atoms with Gasteiger partial charge in [-0.2, -0.15) is 0 Å². The molecule has 1 rings (SSSR count). The highest BCUT2D eigenvalue weighted by atomic mass is 16.6. The highest BCUT2D eigenvalue weighted by Crippen LogP contribution is 2.43. The summed E-state index contributed by atoms with van der Waals surface area (Å²) >= 11 is 0. The van der Waals surface area contributed by atoms with Crippen LogP contribution in [0, 0.1) is 0 Å². The van der Waals surface area contributed by atoms with Crippen molar-refractivity contribution in [2.75, 3.05) is 0 Å². The Bertz CT molecular complexity index is 388. The van der Waals surface area contributed by atoms with Gasteiger partial charge < -0.3 is 9.53 Å². The van der Waals surface area contributed by atoms with Crippen LogP contribution in [0.5, 0.6) is 0 Å². The molecule has 0 aromatic carbocycles. The maximum absolute atomic E-state index is 10.9. The number of carbonyl (C=O) groups is 1. The zero-order valence-electron chi connectivity index (χ0n) is 13.8. The summed E-state index contributed by atoms with van der Waals surface area (Å²) in [4.78, 5) is 10.9. The molecule has 0 bridgehead atoms. The number of hydrogen-bond acceptors (Lipinski definition) is 2. The van der Waals surface area contributed by atoms with Crippen molar-refractivity contribution in [1.82, 2.24) is 0 Å². The third-order valence-electron chi connectivity index (χ3n) is 4.02. The molecule has 1 heterocycles. The fourth-order valence-corrected chi connectivity index (χ4v) is 2.51. The second-order valence-corrected chi connectivity index (χ2v) is 6.57. The maximum atomic E-state index is 10.9. The summed E-state index contributed by atoms with van der Waals surface area (Å²) in [6.45, 7) is 10.3. The summed E-state index contributed by atoms with van der Waals surface area (Å²) in [5.74, 6) is 0.270. The molecule has 0 N–H and O–H groups in total. The molecule has 0 aromatic rings. The molecule has 0 spiro atoms. The van der Waals surface area contributed by atoms with Gasteiger partial charge in [-0.3, -0.25) is 0 Å². The topological polar surface area (TPSA) is 29.6 Å². The first-order valence-corrected chi connectivity index (χ1v) is 7.80. The number of Topliss-reactive ketones (excluding diaryl/α,β-unsaturated/α-hetero) is 1. The summed E-state index contributed by atoms with van der Waals surface area (Å²) in [7, 11) is 0. The molecule has 1 saturated heterocycles. The number of hydrogen-bond donors (Lipinski definition) is 0. The molecular formula is C18H30O2. The van der Waals surface area contributed by atoms with E-state index in [1.165, 1.54) is 11.1 Å². The van der Waals surface area contributed by atoms with Gasteiger partial charge in [-0.15, -0.1) is 0 Å². The van der Waals surface area contributed by atoms with Gasteiger partial charge in [0.1, 0.15) is 5.78 Å². The van der Waals surface area contributed by atoms with Crippen LogP contribution in [-0.4, -0.2) is 17.5 Å². The number of ether oxygens (including phenoxy) is 1. The van der Waals surface area contributed by atoms with Gasteiger partial charge in [0.15, 0.2) is 0 Å². The van der Waals surface area contributed by atoms with Gasteiger partial charge in [0, 0.05) is 6.42 Å². The zero-order chi connectivity index (χ0) is 15.2. The lowest BCUT2D eigenvalue weighted by Gasteiger charge is -2.05. The van der Waals surface area contributed by atoms with Crippen LogP contribution in [0.2, 0.25) is 0 Å². The van der Waals surface area contributed by atoms with E-state index in [0.29, 0.717) is 12.5 Å². The minimum Gasteiger partial charge on any atom is -0.366 e. The van der Waals surface area contributed by atoms with E-state index >= 15 is 0 Å². The van der Waals surface area contributed by atoms with Gasteiger partial charge in [0.2, 0.25) is 0 Å². The Morgan fingerprint density at radius 1 is 1.10 bits per heavy atom. The first-order valence-electron chi connectivity index (χ1n) is 7.80. The van der Waals surface area contributed by atoms with Gasteiger partial charge in [0.05, 0.1) is 11.7 Å². The third kappa shape index (κ3) is 6.51. The summed E-state index contributed by atoms with van der Waals surface area (Å²) in [6.07, 6.45) is 10.9. The van der Waals surface area contributed by atoms with E-state index in [9.17, 15) is 4.79 Å². The van der Waals surface area contributed by atoms with E-state index in [1.807, 2.05) is 0 Å². The summed E-state index contributed by atoms with van der Waals surface area (Å²) in [5, 5.41) is 0. The minimum absolute atomic E-state index is 0.103. The van der Waals surface area contributed by atoms with Gasteiger partial charge in [-0.05, 0) is 66.7 Å². The van der Waals surface area contributed by atoms with E-state index in [4.69, 9.17) is 4.74 Å². The Morgan fingerprint density at radius 2 is 1.80 bits per heavy atom. The van der Waals surface area contributed by atoms with Crippen molar-refractivity contribution in [2.45, 2.75) is 84.8 Å². The predicted molar refractivity (Wildman–Crippen MR) is 84.8 cm³/mol. The van der Waals surface area contributed by atoms with Gasteiger partial charge in [-0.1, -0.05) is 23.3 Å². The molecule has 0 aromatic heterocycles. The van der Waals surface area contributed by atoms with Crippen LogP contribution in [0.4, 0.5) is 0 Å². The number of ketones is 1. The molecule has 1 aliphatic heterocycles. The van der Waals surface area contributed by atoms with Crippen LogP contribution >= 0.6 is 0 Å². The largest absolute Gasteiger partial charge is 0.366 e. The van der Waals surface area contributed by atoms with Crippen molar-refractivity contribution in [3.8, 4) is 0 Å². The number of epoxide rings is 1. The molecule has 0 radical (unpaired) electrons. The van der Waals surface area contributed by atoms with Crippen LogP contribution in [0.25, 0.3) is 0 Å². The van der Waals surface area contributed by atoms with Crippen LogP contribution < -0.4 is 0 Å². The normalized spacial score (nSPS) is 25.4. The van der Waals surface area contributed by atoms with Gasteiger partial charge >= 0.3 is 0 Å². The monoisotopic (exact) mass is 278 g/mol. The standard InChI is InChI=1S/C18H30O2/c1-14(2)8-7-13-18(5)17(20-18)12-11-15(3)9-6-10-16(4)19/h8-9,17H,6-7,10-13H2,1-5H3/b15-9+. The highest BCUT2D eigenvalue weighted by molar-refractivity contribution is 5.75. The lowest BCUT2D eigenvalue weighted by Crippen LogP contribution is -2.09. The molecule has 114 valence electrons. The maximum Gasteiger partial charge on any atom is 0.130 e. The van der Waals surface area contributed by atoms with E-state index in [1.54, 1.807) is 6.92 Å². The Morgan fingerprint density at radius 3 is 2.40 bits per heavy atom. The molecule has 20 heavy (non-hydrogen) atoms. The molecule has 0 saturated carbocycles. The molecule has 2 atom stereocenters. The third-order valence-corrected chi connectivity index (χ3v) is 4.02. The van der Waals surface area contributed by atoms with E-state index < -0.39 is 0 Å². The fourth-order valence-electron chi connectivity index (χ4n) is 2.51. The second kappa shape index (κ2) is 7.78. The molecule has 0 amide bonds. The Labute approximate surface area is 124 Å². The molecule has 2 heteroatoms. The van der Waals surface area contributed by atoms with E-state index in [2.05, 4.69) is 39.8 Å². The smallest absolute Gasteiger partial charge is 0.130 e. The van der Waals surface area contributed by atoms with Crippen molar-refractivity contribution in [3.63, 3.8) is 0 Å². The second-order valence-electron chi connectivity index (χ2n) is 6.57. The van der Waals surface area contributed by atoms with Crippen LogP contribution in [0.1, 0.15) is 73.1 Å². The fraction of sp³-hybridized carbons (Fsp3) is 0.722. The highest BCUT2D eigenvalue weighted by Gasteiger charge is 2.50. The first kappa shape index (κ1) is 17.2. The summed E-state index contributed by atoms with van der Waals surface area (Å²) in [5.41, 5.74) is 2.87. The predicted octanol–water partition coefficient (Wildman–Crippen LogP) is 4.99. The summed E-state index contributed by atoms with van der Waals surface area (Å²) in [6, 6.07) is 0. The van der Waals surface area contributed by atoms with Crippen LogP contribution in [0.15, 0.2) is 23.3 Å². The number of carbonyl (C=O) groups excluding carboxylic acids is 1. The van der Waals surface area contributed by atoms with Gasteiger partial charge in [0.25, 0.3) is 0 Å². The Balaban J connectivity index is 2.20. The van der Waals surface area contributed by atoms with E-state index in [0.717, 1.165) is 32.1 Å². The quantitative estimate of drug-likeness (QED) is 0.439. The summed E-state index contributed by atoms with van der Waals surface area (Å²) < 4.78 is 5.87. The lowest BCUT2D eigenvalue weighted by molar-refractivity contribution is -0.116. The minimum atomic E-state index is 0.103. The molecule has 2 nitrogen and oxygen atoms in total. The van der Waals surface area contributed by atoms with Crippen molar-refractivity contribution in [3.05, 3.63) is 23.3 Å². The van der Waals surface area contributed by atoms with Crippen molar-refractivity contribution < 1.29 is 9.53 Å². The zero-order valence-corrected chi connectivity index (χ0v) is 13.8. The van der Waals surface area contributed by atoms with E-state index in [-0.39, 0.29) is 11.4 Å². The average molecular weight is 278 g/mol. The number of allylic oxidation sites excluding steroid dienone is 4. The molecule has 2 unspecified atom stereocenters. The first-order chi connectivity index (χ1) is 9.33. The SMILES string of the molecule is CC(=O)CC/C=C(\C)CCC1OC1(C)CCC=C(C)C. The van der Waals surface area contributed by atoms with Crippen LogP contribution in [-0.2, 0) is 9.53 Å². The average Bonchev–Trinajstić information content (AvgIpc) is 2.96. The van der Waals surface area contributed by atoms with Gasteiger partial charge in [-0.25, -0.2) is 0 Å². The molecular weight excluding hydrogens is 248 g/mol. The molecule has 1 fully saturated rings. The lowest BCUT2D eigenvalue weighted by atomic mass is 9.96. The Kier molecular flexibility index (Phi) is 6.67. The van der Waals surface area contributed by atoms with Crippen molar-refractivity contribution in [2.24, 2.45) is 0 Å². The molecule has 1 aliphatic rings. The Hall–Kier alpha value is -0.890.